The molecule has 0 saturated carbocycles. The van der Waals surface area contributed by atoms with Gasteiger partial charge in [0.05, 0.1) is 24.2 Å². The highest BCUT2D eigenvalue weighted by molar-refractivity contribution is 7.88. The molecule has 0 bridgehead atoms. The Morgan fingerprint density at radius 2 is 2.09 bits per heavy atom. The summed E-state index contributed by atoms with van der Waals surface area (Å²) in [5.41, 5.74) is 7.00. The second-order valence-corrected chi connectivity index (χ2v) is 7.44. The van der Waals surface area contributed by atoms with Crippen LogP contribution in [0.5, 0.6) is 0 Å². The molecule has 2 heterocycles. The molecule has 122 valence electrons. The van der Waals surface area contributed by atoms with Crippen LogP contribution in [0.2, 0.25) is 0 Å². The van der Waals surface area contributed by atoms with Crippen LogP contribution in [-0.4, -0.2) is 35.1 Å². The van der Waals surface area contributed by atoms with Crippen molar-refractivity contribution in [3.05, 3.63) is 52.6 Å². The van der Waals surface area contributed by atoms with Gasteiger partial charge in [-0.25, -0.2) is 12.8 Å². The quantitative estimate of drug-likeness (QED) is 0.843. The maximum absolute atomic E-state index is 14.1. The summed E-state index contributed by atoms with van der Waals surface area (Å²) in [5.74, 6) is -2.39. The number of nitrogens with one attached hydrogen (secondary N) is 1. The van der Waals surface area contributed by atoms with Crippen molar-refractivity contribution < 1.29 is 17.6 Å². The number of sulfonamides is 1. The van der Waals surface area contributed by atoms with Gasteiger partial charge in [-0.3, -0.25) is 9.89 Å². The first-order valence-corrected chi connectivity index (χ1v) is 8.68. The molecular weight excluding hydrogens is 323 g/mol. The summed E-state index contributed by atoms with van der Waals surface area (Å²) in [4.78, 5) is 11.9. The first-order valence-electron chi connectivity index (χ1n) is 6.84. The molecule has 1 amide bonds. The minimum atomic E-state index is -3.38. The number of hydrogen-bond acceptors (Lipinski definition) is 4. The van der Waals surface area contributed by atoms with E-state index in [1.54, 1.807) is 6.07 Å². The van der Waals surface area contributed by atoms with Gasteiger partial charge in [-0.2, -0.15) is 9.40 Å². The summed E-state index contributed by atoms with van der Waals surface area (Å²) in [5, 5.41) is 6.81. The molecule has 3 N–H and O–H groups in total. The van der Waals surface area contributed by atoms with Gasteiger partial charge in [-0.15, -0.1) is 0 Å². The lowest BCUT2D eigenvalue weighted by Gasteiger charge is -2.15. The van der Waals surface area contributed by atoms with Crippen LogP contribution in [0.4, 0.5) is 4.39 Å². The molecule has 1 atom stereocenters. The van der Waals surface area contributed by atoms with Crippen LogP contribution in [0, 0.1) is 5.82 Å². The van der Waals surface area contributed by atoms with Gasteiger partial charge >= 0.3 is 0 Å². The monoisotopic (exact) mass is 338 g/mol. The van der Waals surface area contributed by atoms with E-state index in [2.05, 4.69) is 10.2 Å². The standard InChI is InChI=1S/C14H15FN4O3S/c1-23(21,22)19-6-9-11(7-19)17-18-13(9)12(14(16)20)8-4-2-3-5-10(8)15/h2-5,12H,6-7H2,1H3,(H2,16,20)(H,17,18). The number of nitrogens with zero attached hydrogens (tertiary/aromatic N) is 2. The Hall–Kier alpha value is -2.26. The molecule has 1 aromatic carbocycles. The Balaban J connectivity index is 2.06. The number of rotatable bonds is 4. The third kappa shape index (κ3) is 2.73. The molecule has 1 aliphatic heterocycles. The van der Waals surface area contributed by atoms with Crippen LogP contribution in [0.3, 0.4) is 0 Å². The zero-order chi connectivity index (χ0) is 16.8. The minimum Gasteiger partial charge on any atom is -0.369 e. The molecule has 2 aromatic rings. The van der Waals surface area contributed by atoms with Gasteiger partial charge in [0.15, 0.2) is 0 Å². The number of amides is 1. The molecule has 1 aliphatic rings. The number of aromatic nitrogens is 2. The summed E-state index contributed by atoms with van der Waals surface area (Å²) < 4.78 is 38.7. The van der Waals surface area contributed by atoms with Crippen LogP contribution in [0.25, 0.3) is 0 Å². The molecule has 23 heavy (non-hydrogen) atoms. The molecule has 0 aliphatic carbocycles. The zero-order valence-corrected chi connectivity index (χ0v) is 13.1. The van der Waals surface area contributed by atoms with E-state index < -0.39 is 27.7 Å². The summed E-state index contributed by atoms with van der Waals surface area (Å²) in [6, 6.07) is 5.82. The van der Waals surface area contributed by atoms with Crippen molar-refractivity contribution in [1.82, 2.24) is 14.5 Å². The predicted octanol–water partition coefficient (Wildman–Crippen LogP) is 0.441. The number of halogens is 1. The highest BCUT2D eigenvalue weighted by atomic mass is 32.2. The van der Waals surface area contributed by atoms with Gasteiger partial charge in [0.25, 0.3) is 0 Å². The van der Waals surface area contributed by atoms with E-state index in [4.69, 9.17) is 5.73 Å². The maximum Gasteiger partial charge on any atom is 0.231 e. The second kappa shape index (κ2) is 5.43. The Kier molecular flexibility index (Phi) is 3.69. The van der Waals surface area contributed by atoms with Crippen LogP contribution in [-0.2, 0) is 27.9 Å². The van der Waals surface area contributed by atoms with Crippen LogP contribution in [0.15, 0.2) is 24.3 Å². The molecule has 0 radical (unpaired) electrons. The third-order valence-corrected chi connectivity index (χ3v) is 5.09. The lowest BCUT2D eigenvalue weighted by Crippen LogP contribution is -2.27. The topological polar surface area (TPSA) is 109 Å². The summed E-state index contributed by atoms with van der Waals surface area (Å²) in [6.07, 6.45) is 1.11. The lowest BCUT2D eigenvalue weighted by atomic mass is 9.92. The average Bonchev–Trinajstić information content (AvgIpc) is 3.02. The Bertz CT molecular complexity index is 878. The SMILES string of the molecule is CS(=O)(=O)N1Cc2[nH]nc(C(C(N)=O)c3ccccc3F)c2C1. The van der Waals surface area contributed by atoms with Crippen molar-refractivity contribution >= 4 is 15.9 Å². The van der Waals surface area contributed by atoms with Crippen LogP contribution >= 0.6 is 0 Å². The molecular formula is C14H15FN4O3S. The van der Waals surface area contributed by atoms with Crippen molar-refractivity contribution in [1.29, 1.82) is 0 Å². The van der Waals surface area contributed by atoms with Gasteiger partial charge < -0.3 is 5.73 Å². The lowest BCUT2D eigenvalue weighted by molar-refractivity contribution is -0.118. The molecule has 0 fully saturated rings. The van der Waals surface area contributed by atoms with E-state index in [1.807, 2.05) is 0 Å². The summed E-state index contributed by atoms with van der Waals surface area (Å²) >= 11 is 0. The number of nitrogens with two attached hydrogens (primary N) is 1. The Morgan fingerprint density at radius 1 is 1.39 bits per heavy atom. The summed E-state index contributed by atoms with van der Waals surface area (Å²) in [7, 11) is -3.38. The molecule has 0 spiro atoms. The number of H-pyrrole nitrogens is 1. The van der Waals surface area contributed by atoms with Crippen molar-refractivity contribution in [2.45, 2.75) is 19.0 Å². The minimum absolute atomic E-state index is 0.0816. The van der Waals surface area contributed by atoms with E-state index in [9.17, 15) is 17.6 Å². The first-order chi connectivity index (χ1) is 10.8. The van der Waals surface area contributed by atoms with Gasteiger partial charge in [0.1, 0.15) is 11.7 Å². The van der Waals surface area contributed by atoms with Crippen molar-refractivity contribution in [3.8, 4) is 0 Å². The number of fused-ring (bicyclic) bond motifs is 1. The van der Waals surface area contributed by atoms with E-state index in [0.717, 1.165) is 6.26 Å². The highest BCUT2D eigenvalue weighted by Crippen LogP contribution is 2.33. The molecule has 3 rings (SSSR count). The number of benzene rings is 1. The number of carbonyl (C=O) groups is 1. The zero-order valence-electron chi connectivity index (χ0n) is 12.3. The molecule has 0 saturated heterocycles. The third-order valence-electron chi connectivity index (χ3n) is 3.90. The largest absolute Gasteiger partial charge is 0.369 e. The fourth-order valence-electron chi connectivity index (χ4n) is 2.75. The van der Waals surface area contributed by atoms with E-state index in [1.165, 1.54) is 22.5 Å². The molecule has 1 aromatic heterocycles. The number of carbonyl (C=O) groups excluding carboxylic acids is 1. The number of aromatic amines is 1. The smallest absolute Gasteiger partial charge is 0.231 e. The van der Waals surface area contributed by atoms with Gasteiger partial charge in [0, 0.05) is 17.7 Å². The maximum atomic E-state index is 14.1. The number of hydrogen-bond donors (Lipinski definition) is 2. The van der Waals surface area contributed by atoms with E-state index >= 15 is 0 Å². The van der Waals surface area contributed by atoms with Gasteiger partial charge in [-0.1, -0.05) is 18.2 Å². The average molecular weight is 338 g/mol. The Morgan fingerprint density at radius 3 is 2.70 bits per heavy atom. The summed E-state index contributed by atoms with van der Waals surface area (Å²) in [6.45, 7) is 0.224. The fourth-order valence-corrected chi connectivity index (χ4v) is 3.48. The van der Waals surface area contributed by atoms with Crippen molar-refractivity contribution in [2.75, 3.05) is 6.26 Å². The predicted molar refractivity (Wildman–Crippen MR) is 80.1 cm³/mol. The normalized spacial score (nSPS) is 16.3. The Labute approximate surface area is 132 Å². The van der Waals surface area contributed by atoms with Crippen LogP contribution in [0.1, 0.15) is 28.4 Å². The van der Waals surface area contributed by atoms with Crippen molar-refractivity contribution in [2.24, 2.45) is 5.73 Å². The molecule has 9 heteroatoms. The van der Waals surface area contributed by atoms with E-state index in [0.29, 0.717) is 11.3 Å². The fraction of sp³-hybridized carbons (Fsp3) is 0.286. The molecule has 1 unspecified atom stereocenters. The second-order valence-electron chi connectivity index (χ2n) is 5.45. The van der Waals surface area contributed by atoms with E-state index in [-0.39, 0.29) is 24.3 Å². The first kappa shape index (κ1) is 15.6. The number of primary amides is 1. The highest BCUT2D eigenvalue weighted by Gasteiger charge is 2.35. The van der Waals surface area contributed by atoms with Crippen LogP contribution < -0.4 is 5.73 Å². The molecule has 7 nitrogen and oxygen atoms in total. The van der Waals surface area contributed by atoms with Gasteiger partial charge in [-0.05, 0) is 6.07 Å². The van der Waals surface area contributed by atoms with Gasteiger partial charge in [0.2, 0.25) is 15.9 Å². The van der Waals surface area contributed by atoms with Crippen molar-refractivity contribution in [3.63, 3.8) is 0 Å².